The number of aryl methyl sites for hydroxylation is 2. The minimum Gasteiger partial charge on any atom is -0.383 e. The summed E-state index contributed by atoms with van der Waals surface area (Å²) in [5.74, 6) is 0.992. The summed E-state index contributed by atoms with van der Waals surface area (Å²) in [5, 5.41) is 3.39. The van der Waals surface area contributed by atoms with Crippen molar-refractivity contribution in [2.24, 2.45) is 0 Å². The zero-order chi connectivity index (χ0) is 23.5. The maximum Gasteiger partial charge on any atom is 0.126 e. The number of hydrogen-bond acceptors (Lipinski definition) is 4. The summed E-state index contributed by atoms with van der Waals surface area (Å²) in [4.78, 5) is 6.89. The van der Waals surface area contributed by atoms with E-state index in [0.717, 1.165) is 55.0 Å². The number of rotatable bonds is 6. The van der Waals surface area contributed by atoms with E-state index in [9.17, 15) is 0 Å². The first kappa shape index (κ1) is 23.1. The molecule has 1 aliphatic heterocycles. The third-order valence-corrected chi connectivity index (χ3v) is 7.07. The van der Waals surface area contributed by atoms with Crippen LogP contribution in [0.3, 0.4) is 0 Å². The Bertz CT molecular complexity index is 1140. The highest BCUT2D eigenvalue weighted by Gasteiger charge is 2.17. The van der Waals surface area contributed by atoms with Crippen LogP contribution in [0.15, 0.2) is 55.2 Å². The predicted molar refractivity (Wildman–Crippen MR) is 140 cm³/mol. The molecule has 1 atom stereocenters. The second kappa shape index (κ2) is 9.80. The Hall–Kier alpha value is -3.11. The van der Waals surface area contributed by atoms with Crippen molar-refractivity contribution in [1.82, 2.24) is 15.2 Å². The van der Waals surface area contributed by atoms with E-state index in [1.54, 1.807) is 0 Å². The smallest absolute Gasteiger partial charge is 0.126 e. The van der Waals surface area contributed by atoms with E-state index in [2.05, 4.69) is 91.9 Å². The molecule has 0 spiro atoms. The third kappa shape index (κ3) is 4.96. The van der Waals surface area contributed by atoms with Crippen LogP contribution < -0.4 is 11.1 Å². The number of pyridine rings is 1. The number of anilines is 1. The molecule has 4 nitrogen and oxygen atoms in total. The van der Waals surface area contributed by atoms with Gasteiger partial charge in [0.2, 0.25) is 0 Å². The molecule has 1 aromatic heterocycles. The number of nitrogen functional groups attached to an aromatic ring is 1. The minimum absolute atomic E-state index is 0.369. The quantitative estimate of drug-likeness (QED) is 0.533. The van der Waals surface area contributed by atoms with Gasteiger partial charge in [-0.2, -0.15) is 0 Å². The summed E-state index contributed by atoms with van der Waals surface area (Å²) in [7, 11) is 0. The summed E-state index contributed by atoms with van der Waals surface area (Å²) in [6.07, 6.45) is 2.75. The molecule has 0 bridgehead atoms. The second-order valence-corrected chi connectivity index (χ2v) is 9.37. The van der Waals surface area contributed by atoms with Crippen LogP contribution in [-0.4, -0.2) is 36.1 Å². The second-order valence-electron chi connectivity index (χ2n) is 9.37. The SMILES string of the molecule is C=C(c1ccc(-c2cnc(N)c(CC(C)c3c(C)ccc(C)c3C)c2)cc1)N1CCNCC1. The summed E-state index contributed by atoms with van der Waals surface area (Å²) < 4.78 is 0. The van der Waals surface area contributed by atoms with Crippen molar-refractivity contribution in [3.05, 3.63) is 88.6 Å². The van der Waals surface area contributed by atoms with Gasteiger partial charge in [0.25, 0.3) is 0 Å². The van der Waals surface area contributed by atoms with Crippen molar-refractivity contribution >= 4 is 11.5 Å². The Kier molecular flexibility index (Phi) is 6.85. The summed E-state index contributed by atoms with van der Waals surface area (Å²) in [5.41, 5.74) is 17.4. The van der Waals surface area contributed by atoms with Crippen LogP contribution in [0.2, 0.25) is 0 Å². The Morgan fingerprint density at radius 1 is 1.03 bits per heavy atom. The molecule has 0 amide bonds. The molecule has 1 aliphatic rings. The van der Waals surface area contributed by atoms with Gasteiger partial charge in [0.15, 0.2) is 0 Å². The van der Waals surface area contributed by atoms with Crippen molar-refractivity contribution in [3.63, 3.8) is 0 Å². The largest absolute Gasteiger partial charge is 0.383 e. The highest BCUT2D eigenvalue weighted by Crippen LogP contribution is 2.31. The van der Waals surface area contributed by atoms with E-state index >= 15 is 0 Å². The highest BCUT2D eigenvalue weighted by atomic mass is 15.2. The molecule has 0 aliphatic carbocycles. The van der Waals surface area contributed by atoms with Gasteiger partial charge in [-0.25, -0.2) is 4.98 Å². The molecule has 2 heterocycles. The van der Waals surface area contributed by atoms with Crippen LogP contribution in [0.4, 0.5) is 5.82 Å². The van der Waals surface area contributed by atoms with Crippen molar-refractivity contribution in [2.75, 3.05) is 31.9 Å². The molecule has 3 N–H and O–H groups in total. The van der Waals surface area contributed by atoms with Gasteiger partial charge in [-0.05, 0) is 78.1 Å². The molecule has 2 aromatic carbocycles. The molecule has 4 rings (SSSR count). The molecule has 1 unspecified atom stereocenters. The van der Waals surface area contributed by atoms with E-state index in [-0.39, 0.29) is 0 Å². The number of nitrogens with two attached hydrogens (primary N) is 1. The van der Waals surface area contributed by atoms with Gasteiger partial charge in [-0.15, -0.1) is 0 Å². The van der Waals surface area contributed by atoms with E-state index < -0.39 is 0 Å². The maximum absolute atomic E-state index is 6.31. The number of nitrogens with one attached hydrogen (secondary N) is 1. The Labute approximate surface area is 198 Å². The molecule has 0 radical (unpaired) electrons. The molecule has 1 fully saturated rings. The van der Waals surface area contributed by atoms with Crippen LogP contribution in [0.5, 0.6) is 0 Å². The first-order chi connectivity index (χ1) is 15.8. The van der Waals surface area contributed by atoms with Crippen LogP contribution in [0, 0.1) is 20.8 Å². The molecular formula is C29H36N4. The Morgan fingerprint density at radius 2 is 1.70 bits per heavy atom. The zero-order valence-corrected chi connectivity index (χ0v) is 20.4. The Balaban J connectivity index is 1.55. The number of piperazine rings is 1. The fraction of sp³-hybridized carbons (Fsp3) is 0.345. The molecule has 0 saturated carbocycles. The van der Waals surface area contributed by atoms with Gasteiger partial charge in [0, 0.05) is 43.6 Å². The number of nitrogens with zero attached hydrogens (tertiary/aromatic N) is 2. The molecule has 172 valence electrons. The summed E-state index contributed by atoms with van der Waals surface area (Å²) in [6, 6.07) is 15.3. The van der Waals surface area contributed by atoms with Crippen molar-refractivity contribution < 1.29 is 0 Å². The van der Waals surface area contributed by atoms with Crippen LogP contribution in [0.25, 0.3) is 16.8 Å². The van der Waals surface area contributed by atoms with Gasteiger partial charge in [0.05, 0.1) is 0 Å². The van der Waals surface area contributed by atoms with Gasteiger partial charge in [-0.3, -0.25) is 0 Å². The standard InChI is InChI=1S/C29H36N4/c1-19-6-7-20(2)28(22(19)4)21(3)16-26-17-27(18-32-29(26)30)25-10-8-24(9-11-25)23(5)33-14-12-31-13-15-33/h6-11,17-18,21,31H,5,12-16H2,1-4H3,(H2,30,32). The van der Waals surface area contributed by atoms with E-state index in [1.165, 1.54) is 27.8 Å². The lowest BCUT2D eigenvalue weighted by atomic mass is 9.85. The Morgan fingerprint density at radius 3 is 2.39 bits per heavy atom. The normalized spacial score (nSPS) is 14.8. The van der Waals surface area contributed by atoms with Crippen LogP contribution in [0.1, 0.15) is 46.2 Å². The number of hydrogen-bond donors (Lipinski definition) is 2. The van der Waals surface area contributed by atoms with Gasteiger partial charge in [0.1, 0.15) is 5.82 Å². The van der Waals surface area contributed by atoms with Gasteiger partial charge >= 0.3 is 0 Å². The lowest BCUT2D eigenvalue weighted by Crippen LogP contribution is -2.42. The lowest BCUT2D eigenvalue weighted by Gasteiger charge is -2.31. The minimum atomic E-state index is 0.369. The van der Waals surface area contributed by atoms with Gasteiger partial charge in [-0.1, -0.05) is 49.9 Å². The number of aromatic nitrogens is 1. The highest BCUT2D eigenvalue weighted by molar-refractivity contribution is 5.70. The predicted octanol–water partition coefficient (Wildman–Crippen LogP) is 5.48. The maximum atomic E-state index is 6.31. The molecule has 33 heavy (non-hydrogen) atoms. The third-order valence-electron chi connectivity index (χ3n) is 7.07. The first-order valence-electron chi connectivity index (χ1n) is 11.9. The van der Waals surface area contributed by atoms with Crippen molar-refractivity contribution in [2.45, 2.75) is 40.0 Å². The fourth-order valence-corrected chi connectivity index (χ4v) is 4.98. The average molecular weight is 441 g/mol. The first-order valence-corrected chi connectivity index (χ1v) is 11.9. The van der Waals surface area contributed by atoms with Crippen LogP contribution >= 0.6 is 0 Å². The van der Waals surface area contributed by atoms with Crippen molar-refractivity contribution in [1.29, 1.82) is 0 Å². The van der Waals surface area contributed by atoms with E-state index in [1.807, 2.05) is 6.20 Å². The average Bonchev–Trinajstić information content (AvgIpc) is 2.83. The lowest BCUT2D eigenvalue weighted by molar-refractivity contribution is 0.341. The summed E-state index contributed by atoms with van der Waals surface area (Å²) >= 11 is 0. The topological polar surface area (TPSA) is 54.2 Å². The van der Waals surface area contributed by atoms with Gasteiger partial charge < -0.3 is 16.0 Å². The molecule has 4 heteroatoms. The van der Waals surface area contributed by atoms with Crippen LogP contribution in [-0.2, 0) is 6.42 Å². The van der Waals surface area contributed by atoms with E-state index in [0.29, 0.717) is 11.7 Å². The zero-order valence-electron chi connectivity index (χ0n) is 20.4. The van der Waals surface area contributed by atoms with E-state index in [4.69, 9.17) is 5.73 Å². The molecule has 3 aromatic rings. The molecular weight excluding hydrogens is 404 g/mol. The summed E-state index contributed by atoms with van der Waals surface area (Å²) in [6.45, 7) is 17.3. The molecule has 1 saturated heterocycles. The fourth-order valence-electron chi connectivity index (χ4n) is 4.98. The number of benzene rings is 2. The monoisotopic (exact) mass is 440 g/mol. The van der Waals surface area contributed by atoms with Crippen molar-refractivity contribution in [3.8, 4) is 11.1 Å².